The van der Waals surface area contributed by atoms with Gasteiger partial charge in [0.05, 0.1) is 4.88 Å². The second kappa shape index (κ2) is 6.85. The lowest BCUT2D eigenvalue weighted by Gasteiger charge is -2.10. The second-order valence-corrected chi connectivity index (χ2v) is 5.32. The predicted octanol–water partition coefficient (Wildman–Crippen LogP) is 3.66. The smallest absolute Gasteiger partial charge is 0.328 e. The van der Waals surface area contributed by atoms with Gasteiger partial charge in [-0.3, -0.25) is 4.79 Å². The van der Waals surface area contributed by atoms with Gasteiger partial charge in [0.1, 0.15) is 0 Å². The maximum atomic E-state index is 12.1. The van der Waals surface area contributed by atoms with E-state index in [0.29, 0.717) is 4.88 Å². The molecule has 0 atom stereocenters. The van der Waals surface area contributed by atoms with Crippen LogP contribution < -0.4 is 5.32 Å². The van der Waals surface area contributed by atoms with Gasteiger partial charge in [0, 0.05) is 11.8 Å². The molecular weight excluding hydrogens is 286 g/mol. The van der Waals surface area contributed by atoms with E-state index in [2.05, 4.69) is 5.32 Å². The number of amides is 1. The van der Waals surface area contributed by atoms with Gasteiger partial charge in [0.2, 0.25) is 0 Å². The van der Waals surface area contributed by atoms with E-state index in [0.717, 1.165) is 29.3 Å². The molecule has 2 aromatic rings. The Morgan fingerprint density at radius 1 is 1.33 bits per heavy atom. The summed E-state index contributed by atoms with van der Waals surface area (Å²) in [5.74, 6) is -1.11. The summed E-state index contributed by atoms with van der Waals surface area (Å²) in [6.45, 7) is 1.99. The zero-order chi connectivity index (χ0) is 15.2. The summed E-state index contributed by atoms with van der Waals surface area (Å²) in [7, 11) is 0. The molecule has 2 rings (SSSR count). The first-order chi connectivity index (χ1) is 10.1. The Balaban J connectivity index is 2.20. The van der Waals surface area contributed by atoms with Crippen molar-refractivity contribution in [3.63, 3.8) is 0 Å². The molecule has 0 radical (unpaired) electrons. The van der Waals surface area contributed by atoms with Crippen LogP contribution in [0.3, 0.4) is 0 Å². The Hall–Kier alpha value is -2.40. The summed E-state index contributed by atoms with van der Waals surface area (Å²) in [6, 6.07) is 9.06. The van der Waals surface area contributed by atoms with E-state index in [1.54, 1.807) is 18.2 Å². The fourth-order valence-corrected chi connectivity index (χ4v) is 2.51. The van der Waals surface area contributed by atoms with Gasteiger partial charge in [0.15, 0.2) is 0 Å². The number of anilines is 1. The van der Waals surface area contributed by atoms with Crippen molar-refractivity contribution in [2.75, 3.05) is 5.32 Å². The molecule has 108 valence electrons. The summed E-state index contributed by atoms with van der Waals surface area (Å²) in [5.41, 5.74) is 2.51. The van der Waals surface area contributed by atoms with E-state index in [1.165, 1.54) is 17.4 Å². The van der Waals surface area contributed by atoms with Crippen molar-refractivity contribution in [2.24, 2.45) is 0 Å². The molecule has 0 fully saturated rings. The van der Waals surface area contributed by atoms with Crippen molar-refractivity contribution in [1.29, 1.82) is 0 Å². The highest BCUT2D eigenvalue weighted by Gasteiger charge is 2.09. The fourth-order valence-electron chi connectivity index (χ4n) is 1.89. The van der Waals surface area contributed by atoms with E-state index in [9.17, 15) is 9.59 Å². The molecule has 0 bridgehead atoms. The monoisotopic (exact) mass is 301 g/mol. The third-order valence-corrected chi connectivity index (χ3v) is 3.79. The molecule has 0 saturated carbocycles. The Bertz CT molecular complexity index is 675. The average Bonchev–Trinajstić information content (AvgIpc) is 3.00. The number of thiophene rings is 1. The van der Waals surface area contributed by atoms with Gasteiger partial charge in [-0.15, -0.1) is 11.3 Å². The first kappa shape index (κ1) is 15.0. The fraction of sp³-hybridized carbons (Fsp3) is 0.125. The molecule has 4 nitrogen and oxygen atoms in total. The minimum atomic E-state index is -0.983. The molecule has 0 aliphatic heterocycles. The summed E-state index contributed by atoms with van der Waals surface area (Å²) >= 11 is 1.39. The van der Waals surface area contributed by atoms with Crippen molar-refractivity contribution in [3.05, 3.63) is 57.8 Å². The van der Waals surface area contributed by atoms with Gasteiger partial charge in [0.25, 0.3) is 5.91 Å². The van der Waals surface area contributed by atoms with Crippen LogP contribution in [0.15, 0.2) is 41.8 Å². The maximum Gasteiger partial charge on any atom is 0.328 e. The highest BCUT2D eigenvalue weighted by molar-refractivity contribution is 7.12. The van der Waals surface area contributed by atoms with Gasteiger partial charge in [-0.2, -0.15) is 0 Å². The lowest BCUT2D eigenvalue weighted by molar-refractivity contribution is -0.131. The number of aryl methyl sites for hydroxylation is 1. The van der Waals surface area contributed by atoms with Crippen molar-refractivity contribution in [1.82, 2.24) is 0 Å². The number of hydrogen-bond donors (Lipinski definition) is 2. The number of nitrogens with one attached hydrogen (secondary N) is 1. The Labute approximate surface area is 126 Å². The number of carboxylic acids is 1. The number of aliphatic carboxylic acids is 1. The van der Waals surface area contributed by atoms with Crippen LogP contribution in [0.1, 0.15) is 27.7 Å². The van der Waals surface area contributed by atoms with Gasteiger partial charge in [-0.1, -0.05) is 19.1 Å². The van der Waals surface area contributed by atoms with Gasteiger partial charge >= 0.3 is 5.97 Å². The molecule has 0 spiro atoms. The van der Waals surface area contributed by atoms with E-state index in [1.807, 2.05) is 24.4 Å². The Morgan fingerprint density at radius 2 is 2.14 bits per heavy atom. The SMILES string of the molecule is CCc1cc(/C=C/C(=O)O)ccc1NC(=O)c1cccs1. The Morgan fingerprint density at radius 3 is 2.76 bits per heavy atom. The number of hydrogen-bond acceptors (Lipinski definition) is 3. The third kappa shape index (κ3) is 4.03. The molecule has 0 aliphatic carbocycles. The van der Waals surface area contributed by atoms with E-state index < -0.39 is 5.97 Å². The van der Waals surface area contributed by atoms with Crippen LogP contribution in [-0.4, -0.2) is 17.0 Å². The first-order valence-electron chi connectivity index (χ1n) is 6.49. The molecular formula is C16H15NO3S. The molecule has 0 saturated heterocycles. The van der Waals surface area contributed by atoms with Crippen LogP contribution in [-0.2, 0) is 11.2 Å². The standard InChI is InChI=1S/C16H15NO3S/c1-2-12-10-11(6-8-15(18)19)5-7-13(12)17-16(20)14-4-3-9-21-14/h3-10H,2H2,1H3,(H,17,20)(H,18,19)/b8-6+. The predicted molar refractivity (Wildman–Crippen MR) is 84.8 cm³/mol. The van der Waals surface area contributed by atoms with Gasteiger partial charge < -0.3 is 10.4 Å². The second-order valence-electron chi connectivity index (χ2n) is 4.37. The number of carbonyl (C=O) groups excluding carboxylic acids is 1. The molecule has 1 amide bonds. The van der Waals surface area contributed by atoms with Gasteiger partial charge in [-0.05, 0) is 47.2 Å². The molecule has 1 heterocycles. The van der Waals surface area contributed by atoms with Gasteiger partial charge in [-0.25, -0.2) is 4.79 Å². The first-order valence-corrected chi connectivity index (χ1v) is 7.37. The lowest BCUT2D eigenvalue weighted by atomic mass is 10.1. The van der Waals surface area contributed by atoms with Crippen LogP contribution in [0, 0.1) is 0 Å². The number of carboxylic acid groups (broad SMARTS) is 1. The summed E-state index contributed by atoms with van der Waals surface area (Å²) in [4.78, 5) is 23.2. The third-order valence-electron chi connectivity index (χ3n) is 2.92. The summed E-state index contributed by atoms with van der Waals surface area (Å²) in [6.07, 6.45) is 3.37. The number of rotatable bonds is 5. The molecule has 1 aromatic carbocycles. The number of benzene rings is 1. The highest BCUT2D eigenvalue weighted by atomic mass is 32.1. The molecule has 0 unspecified atom stereocenters. The summed E-state index contributed by atoms with van der Waals surface area (Å²) < 4.78 is 0. The molecule has 0 aliphatic rings. The lowest BCUT2D eigenvalue weighted by Crippen LogP contribution is -2.11. The minimum Gasteiger partial charge on any atom is -0.478 e. The van der Waals surface area contributed by atoms with Crippen LogP contribution in [0.4, 0.5) is 5.69 Å². The molecule has 5 heteroatoms. The van der Waals surface area contributed by atoms with E-state index in [-0.39, 0.29) is 5.91 Å². The molecule has 2 N–H and O–H groups in total. The van der Waals surface area contributed by atoms with E-state index >= 15 is 0 Å². The minimum absolute atomic E-state index is 0.131. The van der Waals surface area contributed by atoms with Crippen molar-refractivity contribution < 1.29 is 14.7 Å². The van der Waals surface area contributed by atoms with Crippen molar-refractivity contribution in [3.8, 4) is 0 Å². The van der Waals surface area contributed by atoms with Crippen molar-refractivity contribution >= 4 is 35.0 Å². The molecule has 21 heavy (non-hydrogen) atoms. The van der Waals surface area contributed by atoms with Crippen LogP contribution in [0.2, 0.25) is 0 Å². The van der Waals surface area contributed by atoms with E-state index in [4.69, 9.17) is 5.11 Å². The zero-order valence-electron chi connectivity index (χ0n) is 11.5. The van der Waals surface area contributed by atoms with Crippen LogP contribution in [0.5, 0.6) is 0 Å². The normalized spacial score (nSPS) is 10.7. The maximum absolute atomic E-state index is 12.1. The Kier molecular flexibility index (Phi) is 4.90. The van der Waals surface area contributed by atoms with Crippen LogP contribution in [0.25, 0.3) is 6.08 Å². The molecule has 1 aromatic heterocycles. The largest absolute Gasteiger partial charge is 0.478 e. The number of carbonyl (C=O) groups is 2. The van der Waals surface area contributed by atoms with Crippen molar-refractivity contribution in [2.45, 2.75) is 13.3 Å². The highest BCUT2D eigenvalue weighted by Crippen LogP contribution is 2.21. The zero-order valence-corrected chi connectivity index (χ0v) is 12.3. The van der Waals surface area contributed by atoms with Crippen LogP contribution >= 0.6 is 11.3 Å². The topological polar surface area (TPSA) is 66.4 Å². The average molecular weight is 301 g/mol. The quantitative estimate of drug-likeness (QED) is 0.828. The summed E-state index contributed by atoms with van der Waals surface area (Å²) in [5, 5.41) is 13.4.